The molecule has 1 aromatic carbocycles. The smallest absolute Gasteiger partial charge is 0.109 e. The SMILES string of the molecule is OC[C@@H]1O[C@H](CNCc2ccccn2)C(N2CCN(c3ccccc3)CC2)[C@@H]1O. The zero-order valence-electron chi connectivity index (χ0n) is 16.6. The Morgan fingerprint density at radius 3 is 2.45 bits per heavy atom. The molecular formula is C22H30N4O3. The Labute approximate surface area is 171 Å². The van der Waals surface area contributed by atoms with E-state index < -0.39 is 12.2 Å². The van der Waals surface area contributed by atoms with Crippen molar-refractivity contribution in [1.29, 1.82) is 0 Å². The minimum atomic E-state index is -0.690. The van der Waals surface area contributed by atoms with Crippen LogP contribution >= 0.6 is 0 Å². The normalized spacial score (nSPS) is 28.0. The molecule has 2 saturated heterocycles. The maximum absolute atomic E-state index is 10.8. The molecule has 0 spiro atoms. The highest BCUT2D eigenvalue weighted by Gasteiger charge is 2.46. The van der Waals surface area contributed by atoms with Gasteiger partial charge in [0.1, 0.15) is 12.2 Å². The molecule has 4 rings (SSSR count). The van der Waals surface area contributed by atoms with Gasteiger partial charge in [-0.1, -0.05) is 24.3 Å². The van der Waals surface area contributed by atoms with Crippen molar-refractivity contribution >= 4 is 5.69 Å². The second-order valence-electron chi connectivity index (χ2n) is 7.69. The summed E-state index contributed by atoms with van der Waals surface area (Å²) in [5.74, 6) is 0. The van der Waals surface area contributed by atoms with Gasteiger partial charge in [-0.15, -0.1) is 0 Å². The maximum Gasteiger partial charge on any atom is 0.109 e. The van der Waals surface area contributed by atoms with E-state index in [-0.39, 0.29) is 18.8 Å². The molecule has 0 amide bonds. The van der Waals surface area contributed by atoms with Gasteiger partial charge >= 0.3 is 0 Å². The van der Waals surface area contributed by atoms with Crippen molar-refractivity contribution in [1.82, 2.24) is 15.2 Å². The average Bonchev–Trinajstić information content (AvgIpc) is 3.10. The summed E-state index contributed by atoms with van der Waals surface area (Å²) in [5, 5.41) is 23.8. The fraction of sp³-hybridized carbons (Fsp3) is 0.500. The Hall–Kier alpha value is -2.03. The number of ether oxygens (including phenoxy) is 1. The topological polar surface area (TPSA) is 81.1 Å². The molecule has 3 heterocycles. The summed E-state index contributed by atoms with van der Waals surface area (Å²) in [6.07, 6.45) is 0.386. The predicted molar refractivity (Wildman–Crippen MR) is 112 cm³/mol. The molecule has 2 fully saturated rings. The summed E-state index contributed by atoms with van der Waals surface area (Å²) in [5.41, 5.74) is 2.20. The third kappa shape index (κ3) is 4.76. The molecule has 2 aromatic rings. The first-order valence-electron chi connectivity index (χ1n) is 10.4. The van der Waals surface area contributed by atoms with Crippen molar-refractivity contribution in [3.8, 4) is 0 Å². The molecule has 0 radical (unpaired) electrons. The number of aromatic nitrogens is 1. The second kappa shape index (κ2) is 9.65. The third-order valence-electron chi connectivity index (χ3n) is 5.88. The lowest BCUT2D eigenvalue weighted by Gasteiger charge is -2.41. The highest BCUT2D eigenvalue weighted by atomic mass is 16.5. The van der Waals surface area contributed by atoms with E-state index in [0.29, 0.717) is 13.1 Å². The summed E-state index contributed by atoms with van der Waals surface area (Å²) < 4.78 is 6.00. The standard InChI is InChI=1S/C22H30N4O3/c27-16-20-22(28)21(19(29-20)15-23-14-17-6-4-5-9-24-17)26-12-10-25(11-13-26)18-7-2-1-3-8-18/h1-9,19-23,27-28H,10-16H2/t19-,20+,21?,22-/m1/s1. The summed E-state index contributed by atoms with van der Waals surface area (Å²) in [6, 6.07) is 16.1. The molecule has 1 unspecified atom stereocenters. The first kappa shape index (κ1) is 20.3. The minimum absolute atomic E-state index is 0.124. The van der Waals surface area contributed by atoms with Gasteiger partial charge < -0.3 is 25.2 Å². The quantitative estimate of drug-likeness (QED) is 0.626. The molecule has 0 aliphatic carbocycles. The van der Waals surface area contributed by atoms with Crippen LogP contribution in [0.1, 0.15) is 5.69 Å². The number of nitrogens with zero attached hydrogens (tertiary/aromatic N) is 3. The zero-order valence-corrected chi connectivity index (χ0v) is 16.6. The Kier molecular flexibility index (Phi) is 6.74. The molecule has 3 N–H and O–H groups in total. The largest absolute Gasteiger partial charge is 0.394 e. The number of anilines is 1. The predicted octanol–water partition coefficient (Wildman–Crippen LogP) is 0.483. The van der Waals surface area contributed by atoms with Crippen LogP contribution in [0.3, 0.4) is 0 Å². The van der Waals surface area contributed by atoms with Crippen LogP contribution in [0.5, 0.6) is 0 Å². The van der Waals surface area contributed by atoms with E-state index >= 15 is 0 Å². The minimum Gasteiger partial charge on any atom is -0.394 e. The molecule has 29 heavy (non-hydrogen) atoms. The first-order valence-corrected chi connectivity index (χ1v) is 10.4. The van der Waals surface area contributed by atoms with E-state index in [2.05, 4.69) is 44.4 Å². The molecule has 2 aliphatic rings. The van der Waals surface area contributed by atoms with Crippen LogP contribution in [0.25, 0.3) is 0 Å². The highest BCUT2D eigenvalue weighted by molar-refractivity contribution is 5.46. The van der Waals surface area contributed by atoms with Gasteiger partial charge in [0, 0.05) is 51.2 Å². The third-order valence-corrected chi connectivity index (χ3v) is 5.88. The van der Waals surface area contributed by atoms with Gasteiger partial charge in [0.25, 0.3) is 0 Å². The molecular weight excluding hydrogens is 368 g/mol. The van der Waals surface area contributed by atoms with Crippen molar-refractivity contribution in [2.75, 3.05) is 44.2 Å². The van der Waals surface area contributed by atoms with Crippen LogP contribution in [0.4, 0.5) is 5.69 Å². The van der Waals surface area contributed by atoms with Crippen LogP contribution in [0, 0.1) is 0 Å². The van der Waals surface area contributed by atoms with Crippen LogP contribution in [0.2, 0.25) is 0 Å². The lowest BCUT2D eigenvalue weighted by atomic mass is 10.0. The maximum atomic E-state index is 10.8. The van der Waals surface area contributed by atoms with Gasteiger partial charge in [-0.2, -0.15) is 0 Å². The summed E-state index contributed by atoms with van der Waals surface area (Å²) in [6.45, 7) is 4.61. The number of aliphatic hydroxyl groups is 2. The number of rotatable bonds is 7. The van der Waals surface area contributed by atoms with Gasteiger partial charge in [0.2, 0.25) is 0 Å². The number of para-hydroxylation sites is 1. The van der Waals surface area contributed by atoms with E-state index in [9.17, 15) is 10.2 Å². The Balaban J connectivity index is 1.36. The van der Waals surface area contributed by atoms with E-state index in [0.717, 1.165) is 31.9 Å². The average molecular weight is 399 g/mol. The van der Waals surface area contributed by atoms with Crippen LogP contribution in [0.15, 0.2) is 54.7 Å². The van der Waals surface area contributed by atoms with Crippen LogP contribution in [-0.2, 0) is 11.3 Å². The van der Waals surface area contributed by atoms with E-state index in [1.807, 2.05) is 24.3 Å². The summed E-state index contributed by atoms with van der Waals surface area (Å²) in [4.78, 5) is 9.01. The molecule has 7 nitrogen and oxygen atoms in total. The van der Waals surface area contributed by atoms with Gasteiger partial charge in [-0.05, 0) is 24.3 Å². The van der Waals surface area contributed by atoms with Gasteiger partial charge in [0.15, 0.2) is 0 Å². The van der Waals surface area contributed by atoms with Crippen molar-refractivity contribution < 1.29 is 14.9 Å². The number of hydrogen-bond acceptors (Lipinski definition) is 7. The molecule has 0 bridgehead atoms. The molecule has 2 aliphatic heterocycles. The van der Waals surface area contributed by atoms with E-state index in [1.165, 1.54) is 5.69 Å². The molecule has 4 atom stereocenters. The molecule has 1 aromatic heterocycles. The van der Waals surface area contributed by atoms with E-state index in [4.69, 9.17) is 4.74 Å². The molecule has 7 heteroatoms. The fourth-order valence-corrected chi connectivity index (χ4v) is 4.36. The monoisotopic (exact) mass is 398 g/mol. The van der Waals surface area contributed by atoms with Crippen molar-refractivity contribution in [2.45, 2.75) is 30.9 Å². The number of hydrogen-bond donors (Lipinski definition) is 3. The summed E-state index contributed by atoms with van der Waals surface area (Å²) >= 11 is 0. The first-order chi connectivity index (χ1) is 14.3. The van der Waals surface area contributed by atoms with Crippen LogP contribution in [-0.4, -0.2) is 83.8 Å². The fourth-order valence-electron chi connectivity index (χ4n) is 4.36. The highest BCUT2D eigenvalue weighted by Crippen LogP contribution is 2.27. The number of nitrogens with one attached hydrogen (secondary N) is 1. The second-order valence-corrected chi connectivity index (χ2v) is 7.69. The van der Waals surface area contributed by atoms with E-state index in [1.54, 1.807) is 6.20 Å². The van der Waals surface area contributed by atoms with Crippen molar-refractivity contribution in [3.63, 3.8) is 0 Å². The van der Waals surface area contributed by atoms with Gasteiger partial charge in [0.05, 0.1) is 24.4 Å². The zero-order chi connectivity index (χ0) is 20.1. The Morgan fingerprint density at radius 2 is 1.76 bits per heavy atom. The van der Waals surface area contributed by atoms with Crippen molar-refractivity contribution in [3.05, 3.63) is 60.4 Å². The number of aliphatic hydroxyl groups excluding tert-OH is 2. The van der Waals surface area contributed by atoms with Crippen LogP contribution < -0.4 is 10.2 Å². The number of piperazine rings is 1. The number of pyridine rings is 1. The Bertz CT molecular complexity index is 740. The Morgan fingerprint density at radius 1 is 1.00 bits per heavy atom. The van der Waals surface area contributed by atoms with Crippen molar-refractivity contribution in [2.24, 2.45) is 0 Å². The number of benzene rings is 1. The van der Waals surface area contributed by atoms with Gasteiger partial charge in [-0.3, -0.25) is 9.88 Å². The lowest BCUT2D eigenvalue weighted by molar-refractivity contribution is -0.0213. The molecule has 156 valence electrons. The lowest BCUT2D eigenvalue weighted by Crippen LogP contribution is -2.57. The summed E-state index contributed by atoms with van der Waals surface area (Å²) in [7, 11) is 0. The van der Waals surface area contributed by atoms with Gasteiger partial charge in [-0.25, -0.2) is 0 Å². The molecule has 0 saturated carbocycles.